The van der Waals surface area contributed by atoms with Crippen LogP contribution in [0, 0.1) is 17.8 Å². The molecule has 2 saturated carbocycles. The summed E-state index contributed by atoms with van der Waals surface area (Å²) in [5, 5.41) is 0. The molecule has 0 unspecified atom stereocenters. The number of nitrogens with zero attached hydrogens (tertiary/aromatic N) is 1. The average Bonchev–Trinajstić information content (AvgIpc) is 2.79. The monoisotopic (exact) mass is 414 g/mol. The van der Waals surface area contributed by atoms with E-state index in [1.54, 1.807) is 7.11 Å². The van der Waals surface area contributed by atoms with Gasteiger partial charge in [-0.1, -0.05) is 38.8 Å². The van der Waals surface area contributed by atoms with Crippen molar-refractivity contribution in [1.82, 2.24) is 4.90 Å². The van der Waals surface area contributed by atoms with Gasteiger partial charge in [0.1, 0.15) is 5.75 Å². The number of hydrogen-bond acceptors (Lipinski definition) is 3. The van der Waals surface area contributed by atoms with E-state index in [9.17, 15) is 0 Å². The van der Waals surface area contributed by atoms with Crippen molar-refractivity contribution < 1.29 is 4.74 Å². The first-order valence-corrected chi connectivity index (χ1v) is 12.7. The summed E-state index contributed by atoms with van der Waals surface area (Å²) in [6.45, 7) is 7.00. The van der Waals surface area contributed by atoms with Crippen LogP contribution in [0.15, 0.2) is 24.3 Å². The third kappa shape index (κ3) is 6.99. The maximum absolute atomic E-state index is 6.11. The Balaban J connectivity index is 1.56. The van der Waals surface area contributed by atoms with E-state index in [4.69, 9.17) is 10.5 Å². The van der Waals surface area contributed by atoms with Gasteiger partial charge in [0.05, 0.1) is 7.11 Å². The van der Waals surface area contributed by atoms with E-state index < -0.39 is 0 Å². The lowest BCUT2D eigenvalue weighted by atomic mass is 9.75. The minimum Gasteiger partial charge on any atom is -0.497 e. The quantitative estimate of drug-likeness (QED) is 0.481. The lowest BCUT2D eigenvalue weighted by Gasteiger charge is -2.40. The van der Waals surface area contributed by atoms with E-state index in [1.807, 2.05) is 0 Å². The maximum Gasteiger partial charge on any atom is 0.119 e. The average molecular weight is 415 g/mol. The second kappa shape index (κ2) is 12.1. The van der Waals surface area contributed by atoms with Crippen molar-refractivity contribution in [2.45, 2.75) is 103 Å². The zero-order chi connectivity index (χ0) is 21.3. The summed E-state index contributed by atoms with van der Waals surface area (Å²) in [6, 6.07) is 9.90. The first-order chi connectivity index (χ1) is 14.6. The molecule has 0 aliphatic heterocycles. The van der Waals surface area contributed by atoms with Gasteiger partial charge in [0.25, 0.3) is 0 Å². The molecule has 2 aliphatic rings. The molecule has 0 heterocycles. The molecule has 0 bridgehead atoms. The Morgan fingerprint density at radius 3 is 2.20 bits per heavy atom. The summed E-state index contributed by atoms with van der Waals surface area (Å²) >= 11 is 0. The zero-order valence-corrected chi connectivity index (χ0v) is 19.8. The van der Waals surface area contributed by atoms with Gasteiger partial charge in [0, 0.05) is 25.2 Å². The van der Waals surface area contributed by atoms with Crippen LogP contribution < -0.4 is 10.5 Å². The van der Waals surface area contributed by atoms with Gasteiger partial charge in [0.15, 0.2) is 0 Å². The van der Waals surface area contributed by atoms with Gasteiger partial charge in [-0.3, -0.25) is 4.90 Å². The van der Waals surface area contributed by atoms with E-state index in [0.717, 1.165) is 36.1 Å². The molecular formula is C27H46N2O. The summed E-state index contributed by atoms with van der Waals surface area (Å²) in [5.74, 6) is 3.68. The smallest absolute Gasteiger partial charge is 0.119 e. The Morgan fingerprint density at radius 1 is 0.967 bits per heavy atom. The number of methoxy groups -OCH3 is 1. The SMILES string of the molecule is CCC(CC)CN(Cc1cccc(OC)c1)C1CCC(CC2CCC(N)CC2)CC1. The lowest BCUT2D eigenvalue weighted by molar-refractivity contribution is 0.0993. The standard InChI is InChI=1S/C27H46N2O/c1-4-21(5-2)19-29(20-24-7-6-8-27(18-24)30-3)26-15-11-23(12-16-26)17-22-9-13-25(28)14-10-22/h6-8,18,21-23,25-26H,4-5,9-17,19-20,28H2,1-3H3. The Morgan fingerprint density at radius 2 is 1.60 bits per heavy atom. The van der Waals surface area contributed by atoms with Crippen LogP contribution in [0.3, 0.4) is 0 Å². The van der Waals surface area contributed by atoms with Crippen molar-refractivity contribution in [2.75, 3.05) is 13.7 Å². The summed E-state index contributed by atoms with van der Waals surface area (Å²) < 4.78 is 5.47. The highest BCUT2D eigenvalue weighted by atomic mass is 16.5. The highest BCUT2D eigenvalue weighted by Gasteiger charge is 2.29. The molecular weight excluding hydrogens is 368 g/mol. The van der Waals surface area contributed by atoms with Crippen LogP contribution in [0.4, 0.5) is 0 Å². The predicted molar refractivity (Wildman–Crippen MR) is 128 cm³/mol. The fraction of sp³-hybridized carbons (Fsp3) is 0.778. The molecule has 2 aliphatic carbocycles. The molecule has 0 amide bonds. The number of rotatable bonds is 10. The number of nitrogens with two attached hydrogens (primary N) is 1. The molecule has 0 radical (unpaired) electrons. The van der Waals surface area contributed by atoms with Crippen molar-refractivity contribution in [3.05, 3.63) is 29.8 Å². The molecule has 0 spiro atoms. The molecule has 1 aromatic rings. The summed E-state index contributed by atoms with van der Waals surface area (Å²) in [6.07, 6.45) is 14.9. The fourth-order valence-corrected chi connectivity index (χ4v) is 5.87. The minimum atomic E-state index is 0.479. The largest absolute Gasteiger partial charge is 0.497 e. The summed E-state index contributed by atoms with van der Waals surface area (Å²) in [7, 11) is 1.77. The Bertz CT molecular complexity index is 599. The van der Waals surface area contributed by atoms with E-state index in [2.05, 4.69) is 43.0 Å². The first-order valence-electron chi connectivity index (χ1n) is 12.7. The third-order valence-electron chi connectivity index (χ3n) is 8.06. The molecule has 0 saturated heterocycles. The molecule has 3 heteroatoms. The highest BCUT2D eigenvalue weighted by Crippen LogP contribution is 2.37. The van der Waals surface area contributed by atoms with Crippen LogP contribution in [0.5, 0.6) is 5.75 Å². The zero-order valence-electron chi connectivity index (χ0n) is 19.8. The highest BCUT2D eigenvalue weighted by molar-refractivity contribution is 5.28. The van der Waals surface area contributed by atoms with Crippen LogP contribution in [0.25, 0.3) is 0 Å². The van der Waals surface area contributed by atoms with Gasteiger partial charge in [-0.2, -0.15) is 0 Å². The van der Waals surface area contributed by atoms with E-state index in [-0.39, 0.29) is 0 Å². The van der Waals surface area contributed by atoms with Gasteiger partial charge in [-0.05, 0) is 93.2 Å². The van der Waals surface area contributed by atoms with Crippen LogP contribution in [-0.4, -0.2) is 30.6 Å². The molecule has 2 N–H and O–H groups in total. The second-order valence-electron chi connectivity index (χ2n) is 10.2. The molecule has 2 fully saturated rings. The van der Waals surface area contributed by atoms with Gasteiger partial charge in [-0.25, -0.2) is 0 Å². The maximum atomic E-state index is 6.11. The Hall–Kier alpha value is -1.06. The van der Waals surface area contributed by atoms with E-state index in [1.165, 1.54) is 82.7 Å². The van der Waals surface area contributed by atoms with Crippen LogP contribution >= 0.6 is 0 Å². The number of hydrogen-bond donors (Lipinski definition) is 1. The van der Waals surface area contributed by atoms with Crippen molar-refractivity contribution in [3.8, 4) is 5.75 Å². The first kappa shape index (κ1) is 23.6. The molecule has 3 rings (SSSR count). The molecule has 30 heavy (non-hydrogen) atoms. The Kier molecular flexibility index (Phi) is 9.52. The van der Waals surface area contributed by atoms with Crippen LogP contribution in [0.1, 0.15) is 90.0 Å². The second-order valence-corrected chi connectivity index (χ2v) is 10.2. The molecule has 0 atom stereocenters. The minimum absolute atomic E-state index is 0.479. The molecule has 3 nitrogen and oxygen atoms in total. The normalized spacial score (nSPS) is 27.5. The topological polar surface area (TPSA) is 38.5 Å². The van der Waals surface area contributed by atoms with E-state index in [0.29, 0.717) is 6.04 Å². The van der Waals surface area contributed by atoms with Crippen molar-refractivity contribution in [2.24, 2.45) is 23.5 Å². The fourth-order valence-electron chi connectivity index (χ4n) is 5.87. The third-order valence-corrected chi connectivity index (χ3v) is 8.06. The van der Waals surface area contributed by atoms with Crippen molar-refractivity contribution >= 4 is 0 Å². The van der Waals surface area contributed by atoms with Crippen LogP contribution in [0.2, 0.25) is 0 Å². The lowest BCUT2D eigenvalue weighted by Crippen LogP contribution is -2.40. The predicted octanol–water partition coefficient (Wildman–Crippen LogP) is 6.40. The van der Waals surface area contributed by atoms with Crippen LogP contribution in [-0.2, 0) is 6.54 Å². The molecule has 0 aromatic heterocycles. The Labute approximate surface area is 185 Å². The molecule has 170 valence electrons. The number of benzene rings is 1. The van der Waals surface area contributed by atoms with E-state index >= 15 is 0 Å². The van der Waals surface area contributed by atoms with Gasteiger partial charge >= 0.3 is 0 Å². The summed E-state index contributed by atoms with van der Waals surface area (Å²) in [4.78, 5) is 2.81. The van der Waals surface area contributed by atoms with Gasteiger partial charge in [-0.15, -0.1) is 0 Å². The van der Waals surface area contributed by atoms with Crippen molar-refractivity contribution in [1.29, 1.82) is 0 Å². The van der Waals surface area contributed by atoms with Gasteiger partial charge in [0.2, 0.25) is 0 Å². The van der Waals surface area contributed by atoms with Gasteiger partial charge < -0.3 is 10.5 Å². The summed E-state index contributed by atoms with van der Waals surface area (Å²) in [5.41, 5.74) is 7.50. The van der Waals surface area contributed by atoms with Crippen molar-refractivity contribution in [3.63, 3.8) is 0 Å². The number of ether oxygens (including phenoxy) is 1. The molecule has 1 aromatic carbocycles.